The van der Waals surface area contributed by atoms with Crippen LogP contribution in [0.4, 0.5) is 0 Å². The molecule has 6 rings (SSSR count). The SMILES string of the molecule is c1cnc(Oc2cccc(-c3ccc4c5ccccc5n(-c5cnccn5)c4c3)c2)nc1. The van der Waals surface area contributed by atoms with Crippen molar-refractivity contribution in [2.75, 3.05) is 0 Å². The Morgan fingerprint density at radius 2 is 1.47 bits per heavy atom. The Balaban J connectivity index is 1.50. The number of hydrogen-bond donors (Lipinski definition) is 0. The van der Waals surface area contributed by atoms with Crippen LogP contribution >= 0.6 is 0 Å². The zero-order valence-corrected chi connectivity index (χ0v) is 17.0. The van der Waals surface area contributed by atoms with Crippen molar-refractivity contribution in [2.24, 2.45) is 0 Å². The molecule has 6 heteroatoms. The van der Waals surface area contributed by atoms with Gasteiger partial charge in [-0.05, 0) is 41.5 Å². The standard InChI is InChI=1S/C26H17N5O/c1-2-8-23-21(7-1)22-10-9-19(16-24(22)31(23)25-17-27-13-14-28-25)18-5-3-6-20(15-18)32-26-29-11-4-12-30-26/h1-17H. The fraction of sp³-hybridized carbons (Fsp3) is 0. The van der Waals surface area contributed by atoms with E-state index in [9.17, 15) is 0 Å². The van der Waals surface area contributed by atoms with E-state index in [1.54, 1.807) is 37.1 Å². The summed E-state index contributed by atoms with van der Waals surface area (Å²) in [7, 11) is 0. The van der Waals surface area contributed by atoms with Crippen LogP contribution in [-0.4, -0.2) is 24.5 Å². The van der Waals surface area contributed by atoms with Crippen LogP contribution in [0.15, 0.2) is 104 Å². The first kappa shape index (κ1) is 18.2. The van der Waals surface area contributed by atoms with Crippen LogP contribution in [-0.2, 0) is 0 Å². The maximum absolute atomic E-state index is 5.82. The predicted octanol–water partition coefficient (Wildman–Crippen LogP) is 5.82. The Hall–Kier alpha value is -4.58. The molecule has 0 spiro atoms. The molecule has 3 aromatic carbocycles. The highest BCUT2D eigenvalue weighted by Crippen LogP contribution is 2.35. The van der Waals surface area contributed by atoms with Crippen molar-refractivity contribution >= 4 is 21.8 Å². The van der Waals surface area contributed by atoms with Gasteiger partial charge in [0.15, 0.2) is 5.82 Å². The summed E-state index contributed by atoms with van der Waals surface area (Å²) in [6.07, 6.45) is 8.50. The number of hydrogen-bond acceptors (Lipinski definition) is 5. The van der Waals surface area contributed by atoms with Crippen molar-refractivity contribution in [3.05, 3.63) is 104 Å². The lowest BCUT2D eigenvalue weighted by Gasteiger charge is -2.09. The average Bonchev–Trinajstić information content (AvgIpc) is 3.19. The van der Waals surface area contributed by atoms with Crippen molar-refractivity contribution in [2.45, 2.75) is 0 Å². The van der Waals surface area contributed by atoms with Gasteiger partial charge < -0.3 is 4.74 Å². The molecular formula is C26H17N5O. The number of nitrogens with zero attached hydrogens (tertiary/aromatic N) is 5. The largest absolute Gasteiger partial charge is 0.424 e. The number of para-hydroxylation sites is 1. The van der Waals surface area contributed by atoms with E-state index in [0.717, 1.165) is 28.0 Å². The molecular weight excluding hydrogens is 398 g/mol. The minimum atomic E-state index is 0.322. The van der Waals surface area contributed by atoms with E-state index in [0.29, 0.717) is 11.8 Å². The lowest BCUT2D eigenvalue weighted by atomic mass is 10.0. The Kier molecular flexibility index (Phi) is 4.32. The molecule has 0 unspecified atom stereocenters. The van der Waals surface area contributed by atoms with Crippen LogP contribution in [0.5, 0.6) is 11.8 Å². The average molecular weight is 415 g/mol. The molecule has 0 radical (unpaired) electrons. The van der Waals surface area contributed by atoms with Gasteiger partial charge in [-0.15, -0.1) is 0 Å². The van der Waals surface area contributed by atoms with Crippen molar-refractivity contribution in [1.29, 1.82) is 0 Å². The van der Waals surface area contributed by atoms with E-state index in [4.69, 9.17) is 4.74 Å². The highest BCUT2D eigenvalue weighted by molar-refractivity contribution is 6.10. The maximum atomic E-state index is 5.82. The molecule has 0 atom stereocenters. The first-order valence-electron chi connectivity index (χ1n) is 10.2. The Labute approximate surface area is 183 Å². The first-order valence-corrected chi connectivity index (χ1v) is 10.2. The molecule has 0 N–H and O–H groups in total. The molecule has 0 amide bonds. The van der Waals surface area contributed by atoms with Gasteiger partial charge in [-0.2, -0.15) is 0 Å². The number of aromatic nitrogens is 5. The van der Waals surface area contributed by atoms with Gasteiger partial charge in [0.05, 0.1) is 17.2 Å². The molecule has 0 aliphatic carbocycles. The fourth-order valence-electron chi connectivity index (χ4n) is 3.99. The van der Waals surface area contributed by atoms with Gasteiger partial charge in [0.25, 0.3) is 0 Å². The van der Waals surface area contributed by atoms with Gasteiger partial charge >= 0.3 is 6.01 Å². The molecule has 6 nitrogen and oxygen atoms in total. The Bertz CT molecular complexity index is 1550. The maximum Gasteiger partial charge on any atom is 0.321 e. The van der Waals surface area contributed by atoms with Crippen molar-refractivity contribution in [3.8, 4) is 28.7 Å². The van der Waals surface area contributed by atoms with Gasteiger partial charge in [0, 0.05) is 35.6 Å². The summed E-state index contributed by atoms with van der Waals surface area (Å²) >= 11 is 0. The van der Waals surface area contributed by atoms with Gasteiger partial charge in [-0.3, -0.25) is 9.55 Å². The van der Waals surface area contributed by atoms with Crippen LogP contribution in [0.2, 0.25) is 0 Å². The van der Waals surface area contributed by atoms with Gasteiger partial charge in [0.2, 0.25) is 0 Å². The van der Waals surface area contributed by atoms with Crippen molar-refractivity contribution in [3.63, 3.8) is 0 Å². The summed E-state index contributed by atoms with van der Waals surface area (Å²) in [5.41, 5.74) is 4.28. The second-order valence-electron chi connectivity index (χ2n) is 7.31. The minimum Gasteiger partial charge on any atom is -0.424 e. The van der Waals surface area contributed by atoms with Crippen LogP contribution in [0.1, 0.15) is 0 Å². The van der Waals surface area contributed by atoms with E-state index in [-0.39, 0.29) is 0 Å². The zero-order valence-electron chi connectivity index (χ0n) is 17.0. The molecule has 0 aliphatic heterocycles. The molecule has 0 bridgehead atoms. The Morgan fingerprint density at radius 3 is 2.34 bits per heavy atom. The lowest BCUT2D eigenvalue weighted by molar-refractivity contribution is 0.442. The first-order chi connectivity index (χ1) is 15.9. The molecule has 0 fully saturated rings. The van der Waals surface area contributed by atoms with Crippen molar-refractivity contribution in [1.82, 2.24) is 24.5 Å². The third-order valence-electron chi connectivity index (χ3n) is 5.37. The highest BCUT2D eigenvalue weighted by atomic mass is 16.5. The van der Waals surface area contributed by atoms with Gasteiger partial charge in [0.1, 0.15) is 5.75 Å². The smallest absolute Gasteiger partial charge is 0.321 e. The summed E-state index contributed by atoms with van der Waals surface area (Å²) in [5.74, 6) is 1.47. The lowest BCUT2D eigenvalue weighted by Crippen LogP contribution is -1.97. The van der Waals surface area contributed by atoms with Crippen LogP contribution < -0.4 is 4.74 Å². The molecule has 0 saturated carbocycles. The van der Waals surface area contributed by atoms with E-state index in [1.165, 1.54) is 10.8 Å². The summed E-state index contributed by atoms with van der Waals surface area (Å²) in [6, 6.07) is 24.8. The number of benzene rings is 3. The predicted molar refractivity (Wildman–Crippen MR) is 124 cm³/mol. The van der Waals surface area contributed by atoms with Crippen molar-refractivity contribution < 1.29 is 4.74 Å². The second-order valence-corrected chi connectivity index (χ2v) is 7.31. The summed E-state index contributed by atoms with van der Waals surface area (Å²) < 4.78 is 7.98. The zero-order chi connectivity index (χ0) is 21.3. The molecule has 6 aromatic rings. The van der Waals surface area contributed by atoms with Crippen LogP contribution in [0.3, 0.4) is 0 Å². The summed E-state index contributed by atoms with van der Waals surface area (Å²) in [5, 5.41) is 2.35. The van der Waals surface area contributed by atoms with Crippen LogP contribution in [0.25, 0.3) is 38.8 Å². The quantitative estimate of drug-likeness (QED) is 0.363. The summed E-state index contributed by atoms with van der Waals surface area (Å²) in [6.45, 7) is 0. The number of fused-ring (bicyclic) bond motifs is 3. The monoisotopic (exact) mass is 415 g/mol. The summed E-state index contributed by atoms with van der Waals surface area (Å²) in [4.78, 5) is 17.1. The third kappa shape index (κ3) is 3.15. The topological polar surface area (TPSA) is 65.7 Å². The third-order valence-corrected chi connectivity index (χ3v) is 5.37. The number of ether oxygens (including phenoxy) is 1. The molecule has 0 aliphatic rings. The molecule has 3 aromatic heterocycles. The normalized spacial score (nSPS) is 11.1. The highest BCUT2D eigenvalue weighted by Gasteiger charge is 2.14. The van der Waals surface area contributed by atoms with E-state index >= 15 is 0 Å². The second kappa shape index (κ2) is 7.59. The van der Waals surface area contributed by atoms with E-state index < -0.39 is 0 Å². The van der Waals surface area contributed by atoms with E-state index in [1.807, 2.05) is 24.3 Å². The van der Waals surface area contributed by atoms with Gasteiger partial charge in [-0.1, -0.05) is 42.5 Å². The molecule has 0 saturated heterocycles. The molecule has 3 heterocycles. The fourth-order valence-corrected chi connectivity index (χ4v) is 3.99. The number of rotatable bonds is 4. The van der Waals surface area contributed by atoms with Crippen LogP contribution in [0, 0.1) is 0 Å². The minimum absolute atomic E-state index is 0.322. The molecule has 32 heavy (non-hydrogen) atoms. The molecule has 152 valence electrons. The van der Waals surface area contributed by atoms with Gasteiger partial charge in [-0.25, -0.2) is 15.0 Å². The Morgan fingerprint density at radius 1 is 0.625 bits per heavy atom. The van der Waals surface area contributed by atoms with E-state index in [2.05, 4.69) is 67.0 Å².